The number of hydrazone groups is 1. The van der Waals surface area contributed by atoms with E-state index in [0.29, 0.717) is 0 Å². The van der Waals surface area contributed by atoms with Crippen LogP contribution in [-0.4, -0.2) is 40.2 Å². The minimum absolute atomic E-state index is 0.114. The fraction of sp³-hybridized carbons (Fsp3) is 0.192. The van der Waals surface area contributed by atoms with Crippen molar-refractivity contribution in [1.82, 2.24) is 5.01 Å². The number of carbonyl (C=O) groups excluding carboxylic acids is 2. The lowest BCUT2D eigenvalue weighted by atomic mass is 9.55. The van der Waals surface area contributed by atoms with Crippen molar-refractivity contribution in [1.29, 1.82) is 0 Å². The van der Waals surface area contributed by atoms with Gasteiger partial charge in [-0.25, -0.2) is 0 Å². The number of nitro groups is 1. The van der Waals surface area contributed by atoms with Crippen molar-refractivity contribution in [2.45, 2.75) is 11.8 Å². The first-order chi connectivity index (χ1) is 16.9. The van der Waals surface area contributed by atoms with Gasteiger partial charge < -0.3 is 9.84 Å². The summed E-state index contributed by atoms with van der Waals surface area (Å²) in [5.74, 6) is -3.14. The van der Waals surface area contributed by atoms with Crippen molar-refractivity contribution in [3.05, 3.63) is 98.6 Å². The maximum Gasteiger partial charge on any atom is 0.315 e. The lowest BCUT2D eigenvalue weighted by Crippen LogP contribution is -2.41. The molecule has 3 aliphatic carbocycles. The molecular formula is C26H19N3O6. The van der Waals surface area contributed by atoms with Crippen molar-refractivity contribution >= 4 is 23.7 Å². The third-order valence-corrected chi connectivity index (χ3v) is 7.24. The summed E-state index contributed by atoms with van der Waals surface area (Å²) in [6.07, 6.45) is 1.20. The summed E-state index contributed by atoms with van der Waals surface area (Å²) in [6.45, 7) is 0. The van der Waals surface area contributed by atoms with E-state index in [0.717, 1.165) is 33.3 Å². The monoisotopic (exact) mass is 469 g/mol. The van der Waals surface area contributed by atoms with Gasteiger partial charge in [-0.15, -0.1) is 0 Å². The minimum atomic E-state index is -0.748. The highest BCUT2D eigenvalue weighted by atomic mass is 16.6. The second kappa shape index (κ2) is 7.49. The van der Waals surface area contributed by atoms with Gasteiger partial charge in [-0.05, 0) is 28.3 Å². The van der Waals surface area contributed by atoms with Crippen molar-refractivity contribution in [2.24, 2.45) is 16.9 Å². The lowest BCUT2D eigenvalue weighted by molar-refractivity contribution is -0.386. The summed E-state index contributed by atoms with van der Waals surface area (Å²) in [5.41, 5.74) is 3.87. The smallest absolute Gasteiger partial charge is 0.315 e. The Morgan fingerprint density at radius 1 is 0.943 bits per heavy atom. The molecule has 0 aromatic heterocycles. The van der Waals surface area contributed by atoms with Crippen LogP contribution in [0.4, 0.5) is 5.69 Å². The van der Waals surface area contributed by atoms with E-state index in [-0.39, 0.29) is 23.1 Å². The Hall–Kier alpha value is -4.53. The van der Waals surface area contributed by atoms with Gasteiger partial charge in [-0.1, -0.05) is 48.5 Å². The van der Waals surface area contributed by atoms with Crippen LogP contribution in [-0.2, 0) is 9.59 Å². The quantitative estimate of drug-likeness (QED) is 0.270. The van der Waals surface area contributed by atoms with Gasteiger partial charge in [0.15, 0.2) is 5.75 Å². The number of aromatic hydroxyl groups is 1. The Morgan fingerprint density at radius 2 is 1.43 bits per heavy atom. The maximum atomic E-state index is 13.6. The van der Waals surface area contributed by atoms with Crippen molar-refractivity contribution in [3.63, 3.8) is 0 Å². The van der Waals surface area contributed by atoms with Gasteiger partial charge in [0.05, 0.1) is 30.1 Å². The Morgan fingerprint density at radius 3 is 1.86 bits per heavy atom. The second-order valence-electron chi connectivity index (χ2n) is 8.85. The Kier molecular flexibility index (Phi) is 4.50. The van der Waals surface area contributed by atoms with Crippen LogP contribution in [0.2, 0.25) is 0 Å². The van der Waals surface area contributed by atoms with Crippen LogP contribution < -0.4 is 4.74 Å². The molecule has 2 amide bonds. The number of phenols is 1. The molecule has 0 saturated carbocycles. The average molecular weight is 469 g/mol. The van der Waals surface area contributed by atoms with Crippen LogP contribution in [0, 0.1) is 22.0 Å². The Balaban J connectivity index is 1.41. The molecule has 9 nitrogen and oxygen atoms in total. The molecule has 3 aromatic carbocycles. The molecule has 3 aromatic rings. The fourth-order valence-corrected chi connectivity index (χ4v) is 5.88. The van der Waals surface area contributed by atoms with Crippen molar-refractivity contribution in [3.8, 4) is 11.5 Å². The predicted molar refractivity (Wildman–Crippen MR) is 124 cm³/mol. The van der Waals surface area contributed by atoms with Crippen LogP contribution in [0.1, 0.15) is 39.7 Å². The number of amides is 2. The molecular weight excluding hydrogens is 450 g/mol. The highest BCUT2D eigenvalue weighted by Crippen LogP contribution is 2.60. The van der Waals surface area contributed by atoms with E-state index < -0.39 is 40.0 Å². The maximum absolute atomic E-state index is 13.6. The highest BCUT2D eigenvalue weighted by Gasteiger charge is 2.61. The molecule has 0 unspecified atom stereocenters. The van der Waals surface area contributed by atoms with Gasteiger partial charge in [0.2, 0.25) is 5.75 Å². The topological polar surface area (TPSA) is 122 Å². The van der Waals surface area contributed by atoms with Gasteiger partial charge in [0.1, 0.15) is 0 Å². The number of methoxy groups -OCH3 is 1. The third-order valence-electron chi connectivity index (χ3n) is 7.24. The molecule has 7 rings (SSSR count). The molecule has 1 N–H and O–H groups in total. The minimum Gasteiger partial charge on any atom is -0.500 e. The number of phenolic OH excluding ortho intramolecular Hbond substituents is 1. The number of carbonyl (C=O) groups is 2. The van der Waals surface area contributed by atoms with Crippen molar-refractivity contribution < 1.29 is 24.4 Å². The molecule has 0 spiro atoms. The number of hydrogen-bond acceptors (Lipinski definition) is 7. The first-order valence-corrected chi connectivity index (χ1v) is 11.1. The molecule has 9 heteroatoms. The lowest BCUT2D eigenvalue weighted by Gasteiger charge is -2.45. The summed E-state index contributed by atoms with van der Waals surface area (Å²) >= 11 is 0. The van der Waals surface area contributed by atoms with E-state index in [4.69, 9.17) is 4.74 Å². The normalized spacial score (nSPS) is 23.9. The van der Waals surface area contributed by atoms with Crippen LogP contribution in [0.3, 0.4) is 0 Å². The largest absolute Gasteiger partial charge is 0.500 e. The molecule has 2 atom stereocenters. The van der Waals surface area contributed by atoms with Gasteiger partial charge in [0.25, 0.3) is 11.8 Å². The molecule has 1 saturated heterocycles. The van der Waals surface area contributed by atoms with Crippen LogP contribution in [0.25, 0.3) is 0 Å². The number of benzene rings is 3. The number of ether oxygens (including phenoxy) is 1. The van der Waals surface area contributed by atoms with E-state index in [9.17, 15) is 24.8 Å². The zero-order chi connectivity index (χ0) is 24.4. The van der Waals surface area contributed by atoms with Crippen LogP contribution in [0.5, 0.6) is 11.5 Å². The summed E-state index contributed by atoms with van der Waals surface area (Å²) < 4.78 is 5.01. The van der Waals surface area contributed by atoms with E-state index in [1.807, 2.05) is 48.5 Å². The molecule has 1 aliphatic heterocycles. The molecule has 1 fully saturated rings. The molecule has 0 radical (unpaired) electrons. The zero-order valence-corrected chi connectivity index (χ0v) is 18.5. The van der Waals surface area contributed by atoms with Crippen molar-refractivity contribution in [2.75, 3.05) is 7.11 Å². The van der Waals surface area contributed by atoms with E-state index in [1.165, 1.54) is 19.4 Å². The summed E-state index contributed by atoms with van der Waals surface area (Å²) in [4.78, 5) is 37.7. The van der Waals surface area contributed by atoms with E-state index in [1.54, 1.807) is 0 Å². The third kappa shape index (κ3) is 2.84. The molecule has 174 valence electrons. The van der Waals surface area contributed by atoms with Crippen LogP contribution in [0.15, 0.2) is 65.8 Å². The SMILES string of the molecule is COc1cc(/C=N\N2C(=O)[C@@H]3C4c5ccccc5C(c5ccccc54)[C@@H]3C2=O)cc([N+](=O)[O-])c1O. The van der Waals surface area contributed by atoms with Gasteiger partial charge >= 0.3 is 5.69 Å². The first-order valence-electron chi connectivity index (χ1n) is 11.1. The number of nitro benzene ring substituents is 1. The van der Waals surface area contributed by atoms with Gasteiger partial charge in [-0.2, -0.15) is 10.1 Å². The summed E-state index contributed by atoms with van der Waals surface area (Å²) in [7, 11) is 1.27. The number of imide groups is 1. The summed E-state index contributed by atoms with van der Waals surface area (Å²) in [5, 5.41) is 26.3. The van der Waals surface area contributed by atoms with E-state index >= 15 is 0 Å². The second-order valence-corrected chi connectivity index (χ2v) is 8.85. The molecule has 1 heterocycles. The zero-order valence-electron chi connectivity index (χ0n) is 18.5. The summed E-state index contributed by atoms with van der Waals surface area (Å²) in [6, 6.07) is 18.3. The van der Waals surface area contributed by atoms with Gasteiger partial charge in [-0.3, -0.25) is 19.7 Å². The highest BCUT2D eigenvalue weighted by molar-refractivity contribution is 6.08. The first kappa shape index (κ1) is 21.0. The Bertz CT molecular complexity index is 1350. The predicted octanol–water partition coefficient (Wildman–Crippen LogP) is 3.54. The van der Waals surface area contributed by atoms with Gasteiger partial charge in [0, 0.05) is 23.5 Å². The molecule has 2 bridgehead atoms. The fourth-order valence-electron chi connectivity index (χ4n) is 5.88. The standard InChI is InChI=1S/C26H19N3O6/c1-35-19-11-13(10-18(24(19)30)29(33)34)12-27-28-25(31)22-20-14-6-2-3-7-15(14)21(23(22)26(28)32)17-9-5-4-8-16(17)20/h2-12,20-23,30H,1H3/b27-12-/t20?,21?,22-,23+. The van der Waals surface area contributed by atoms with Crippen LogP contribution >= 0.6 is 0 Å². The molecule has 35 heavy (non-hydrogen) atoms. The average Bonchev–Trinajstić information content (AvgIpc) is 3.13. The Labute approximate surface area is 199 Å². The number of rotatable bonds is 4. The number of nitrogens with zero attached hydrogens (tertiary/aromatic N) is 3. The number of hydrogen-bond donors (Lipinski definition) is 1. The molecule has 4 aliphatic rings. The van der Waals surface area contributed by atoms with E-state index in [2.05, 4.69) is 5.10 Å².